The van der Waals surface area contributed by atoms with E-state index in [1.807, 2.05) is 0 Å². The van der Waals surface area contributed by atoms with Crippen LogP contribution in [0.25, 0.3) is 11.1 Å². The summed E-state index contributed by atoms with van der Waals surface area (Å²) in [5.41, 5.74) is 0.672. The van der Waals surface area contributed by atoms with E-state index in [0.29, 0.717) is 16.7 Å². The van der Waals surface area contributed by atoms with Crippen molar-refractivity contribution in [1.82, 2.24) is 4.98 Å². The van der Waals surface area contributed by atoms with E-state index in [-0.39, 0.29) is 5.56 Å². The number of rotatable bonds is 1. The molecule has 1 aromatic carbocycles. The first-order valence-corrected chi connectivity index (χ1v) is 5.25. The van der Waals surface area contributed by atoms with E-state index in [4.69, 9.17) is 0 Å². The van der Waals surface area contributed by atoms with Crippen LogP contribution >= 0.6 is 0 Å². The molecule has 0 aliphatic rings. The molecule has 18 heavy (non-hydrogen) atoms. The molecule has 94 valence electrons. The fourth-order valence-corrected chi connectivity index (χ4v) is 1.75. The van der Waals surface area contributed by atoms with Crippen LogP contribution in [0.2, 0.25) is 0 Å². The van der Waals surface area contributed by atoms with E-state index in [2.05, 4.69) is 4.98 Å². The number of alkyl halides is 3. The number of halogens is 3. The molecular weight excluding hydrogens is 243 g/mol. The third kappa shape index (κ3) is 2.45. The lowest BCUT2D eigenvalue weighted by Crippen LogP contribution is -2.06. The average Bonchev–Trinajstić information content (AvgIpc) is 2.28. The van der Waals surface area contributed by atoms with Gasteiger partial charge in [0.15, 0.2) is 0 Å². The highest BCUT2D eigenvalue weighted by atomic mass is 19.4. The first kappa shape index (κ1) is 12.4. The van der Waals surface area contributed by atoms with Crippen LogP contribution in [0.5, 0.6) is 0 Å². The Hall–Kier alpha value is -2.04. The summed E-state index contributed by atoms with van der Waals surface area (Å²) in [6.45, 7) is 1.69. The van der Waals surface area contributed by atoms with Gasteiger partial charge < -0.3 is 4.98 Å². The first-order valence-electron chi connectivity index (χ1n) is 5.25. The summed E-state index contributed by atoms with van der Waals surface area (Å²) in [6.07, 6.45) is -2.95. The summed E-state index contributed by atoms with van der Waals surface area (Å²) in [5, 5.41) is 0. The van der Waals surface area contributed by atoms with E-state index < -0.39 is 11.7 Å². The standard InChI is InChI=1S/C13H10F3NO/c1-8-5-12(18)17-7-11(8)9-3-2-4-10(6-9)13(14,15)16/h2-7H,1H3,(H,17,18). The maximum Gasteiger partial charge on any atom is 0.416 e. The Kier molecular flexibility index (Phi) is 2.98. The van der Waals surface area contributed by atoms with Gasteiger partial charge in [-0.3, -0.25) is 4.79 Å². The summed E-state index contributed by atoms with van der Waals surface area (Å²) >= 11 is 0. The lowest BCUT2D eigenvalue weighted by atomic mass is 10.0. The van der Waals surface area contributed by atoms with Gasteiger partial charge in [-0.15, -0.1) is 0 Å². The minimum absolute atomic E-state index is 0.275. The molecule has 0 fully saturated rings. The van der Waals surface area contributed by atoms with Crippen LogP contribution in [0.15, 0.2) is 41.3 Å². The number of H-pyrrole nitrogens is 1. The van der Waals surface area contributed by atoms with Gasteiger partial charge in [0.05, 0.1) is 5.56 Å². The fraction of sp³-hybridized carbons (Fsp3) is 0.154. The van der Waals surface area contributed by atoms with Gasteiger partial charge in [0.1, 0.15) is 0 Å². The minimum atomic E-state index is -4.37. The summed E-state index contributed by atoms with van der Waals surface area (Å²) in [7, 11) is 0. The largest absolute Gasteiger partial charge is 0.416 e. The summed E-state index contributed by atoms with van der Waals surface area (Å²) in [6, 6.07) is 6.37. The Morgan fingerprint density at radius 1 is 1.17 bits per heavy atom. The monoisotopic (exact) mass is 253 g/mol. The summed E-state index contributed by atoms with van der Waals surface area (Å²) in [4.78, 5) is 13.5. The molecule has 1 aromatic heterocycles. The number of aromatic amines is 1. The highest BCUT2D eigenvalue weighted by Gasteiger charge is 2.30. The Bertz CT molecular complexity index is 629. The Morgan fingerprint density at radius 2 is 1.89 bits per heavy atom. The fourth-order valence-electron chi connectivity index (χ4n) is 1.75. The second-order valence-electron chi connectivity index (χ2n) is 3.97. The molecule has 0 amide bonds. The van der Waals surface area contributed by atoms with E-state index in [9.17, 15) is 18.0 Å². The second-order valence-corrected chi connectivity index (χ2v) is 3.97. The first-order chi connectivity index (χ1) is 8.38. The van der Waals surface area contributed by atoms with E-state index in [0.717, 1.165) is 12.1 Å². The quantitative estimate of drug-likeness (QED) is 0.830. The molecule has 5 heteroatoms. The van der Waals surface area contributed by atoms with Gasteiger partial charge in [0.2, 0.25) is 5.56 Å². The van der Waals surface area contributed by atoms with E-state index in [1.54, 1.807) is 13.0 Å². The van der Waals surface area contributed by atoms with Crippen LogP contribution in [-0.2, 0) is 6.18 Å². The highest BCUT2D eigenvalue weighted by molar-refractivity contribution is 5.66. The van der Waals surface area contributed by atoms with Gasteiger partial charge in [-0.05, 0) is 30.2 Å². The maximum absolute atomic E-state index is 12.6. The third-order valence-electron chi connectivity index (χ3n) is 2.63. The predicted octanol–water partition coefficient (Wildman–Crippen LogP) is 3.37. The van der Waals surface area contributed by atoms with Crippen molar-refractivity contribution in [3.05, 3.63) is 58.0 Å². The average molecular weight is 253 g/mol. The Labute approximate surface area is 101 Å². The maximum atomic E-state index is 12.6. The zero-order valence-corrected chi connectivity index (χ0v) is 9.51. The predicted molar refractivity (Wildman–Crippen MR) is 62.2 cm³/mol. The van der Waals surface area contributed by atoms with Crippen LogP contribution in [0.4, 0.5) is 13.2 Å². The molecule has 0 radical (unpaired) electrons. The molecule has 1 heterocycles. The van der Waals surface area contributed by atoms with Crippen LogP contribution in [-0.4, -0.2) is 4.98 Å². The van der Waals surface area contributed by atoms with Crippen molar-refractivity contribution in [3.8, 4) is 11.1 Å². The van der Waals surface area contributed by atoms with Gasteiger partial charge in [-0.25, -0.2) is 0 Å². The Morgan fingerprint density at radius 3 is 2.50 bits per heavy atom. The number of hydrogen-bond acceptors (Lipinski definition) is 1. The summed E-state index contributed by atoms with van der Waals surface area (Å²) < 4.78 is 37.8. The minimum Gasteiger partial charge on any atom is -0.328 e. The SMILES string of the molecule is Cc1cc(=O)[nH]cc1-c1cccc(C(F)(F)F)c1. The normalized spacial score (nSPS) is 11.6. The number of pyridine rings is 1. The van der Waals surface area contributed by atoms with Gasteiger partial charge in [-0.1, -0.05) is 12.1 Å². The lowest BCUT2D eigenvalue weighted by molar-refractivity contribution is -0.137. The summed E-state index contributed by atoms with van der Waals surface area (Å²) in [5.74, 6) is 0. The van der Waals surface area contributed by atoms with Crippen molar-refractivity contribution >= 4 is 0 Å². The number of benzene rings is 1. The molecule has 2 nitrogen and oxygen atoms in total. The molecule has 0 aliphatic heterocycles. The lowest BCUT2D eigenvalue weighted by Gasteiger charge is -2.10. The van der Waals surface area contributed by atoms with Crippen LogP contribution in [0.3, 0.4) is 0 Å². The molecule has 0 saturated heterocycles. The van der Waals surface area contributed by atoms with E-state index >= 15 is 0 Å². The molecule has 0 saturated carbocycles. The van der Waals surface area contributed by atoms with Crippen molar-refractivity contribution in [3.63, 3.8) is 0 Å². The number of hydrogen-bond donors (Lipinski definition) is 1. The van der Waals surface area contributed by atoms with Gasteiger partial charge in [0, 0.05) is 17.8 Å². The van der Waals surface area contributed by atoms with Crippen LogP contribution < -0.4 is 5.56 Å². The molecule has 0 aliphatic carbocycles. The molecule has 0 unspecified atom stereocenters. The molecule has 1 N–H and O–H groups in total. The zero-order valence-electron chi connectivity index (χ0n) is 9.51. The topological polar surface area (TPSA) is 32.9 Å². The second kappa shape index (κ2) is 4.33. The smallest absolute Gasteiger partial charge is 0.328 e. The molecule has 0 atom stereocenters. The van der Waals surface area contributed by atoms with Crippen LogP contribution in [0.1, 0.15) is 11.1 Å². The van der Waals surface area contributed by atoms with Crippen molar-refractivity contribution in [2.24, 2.45) is 0 Å². The molecule has 0 bridgehead atoms. The van der Waals surface area contributed by atoms with Crippen LogP contribution in [0, 0.1) is 6.92 Å². The van der Waals surface area contributed by atoms with Crippen molar-refractivity contribution in [2.45, 2.75) is 13.1 Å². The van der Waals surface area contributed by atoms with Gasteiger partial charge in [0.25, 0.3) is 0 Å². The number of nitrogens with one attached hydrogen (secondary N) is 1. The zero-order chi connectivity index (χ0) is 13.3. The number of aryl methyl sites for hydroxylation is 1. The van der Waals surface area contributed by atoms with Crippen molar-refractivity contribution in [1.29, 1.82) is 0 Å². The highest BCUT2D eigenvalue weighted by Crippen LogP contribution is 2.32. The molecule has 2 aromatic rings. The Balaban J connectivity index is 2.55. The molecular formula is C13H10F3NO. The van der Waals surface area contributed by atoms with Gasteiger partial charge >= 0.3 is 6.18 Å². The van der Waals surface area contributed by atoms with Crippen molar-refractivity contribution in [2.75, 3.05) is 0 Å². The van der Waals surface area contributed by atoms with Crippen molar-refractivity contribution < 1.29 is 13.2 Å². The molecule has 0 spiro atoms. The van der Waals surface area contributed by atoms with Gasteiger partial charge in [-0.2, -0.15) is 13.2 Å². The molecule has 2 rings (SSSR count). The number of aromatic nitrogens is 1. The third-order valence-corrected chi connectivity index (χ3v) is 2.63. The van der Waals surface area contributed by atoms with E-state index in [1.165, 1.54) is 18.3 Å².